The van der Waals surface area contributed by atoms with Crippen molar-refractivity contribution >= 4 is 17.2 Å². The summed E-state index contributed by atoms with van der Waals surface area (Å²) in [6.07, 6.45) is 8.13. The Morgan fingerprint density at radius 3 is 2.75 bits per heavy atom. The number of carbonyl (C=O) groups excluding carboxylic acids is 1. The van der Waals surface area contributed by atoms with E-state index in [2.05, 4.69) is 26.8 Å². The van der Waals surface area contributed by atoms with Crippen LogP contribution in [0.5, 0.6) is 0 Å². The van der Waals surface area contributed by atoms with E-state index in [9.17, 15) is 4.79 Å². The van der Waals surface area contributed by atoms with Crippen molar-refractivity contribution in [3.05, 3.63) is 35.5 Å². The number of likely N-dealkylation sites (tertiary alicyclic amines) is 2. The van der Waals surface area contributed by atoms with Crippen LogP contribution in [0.4, 0.5) is 0 Å². The molecule has 2 aliphatic heterocycles. The number of carbonyl (C=O) groups is 1. The fraction of sp³-hybridized carbons (Fsp3) is 0.500. The van der Waals surface area contributed by atoms with E-state index >= 15 is 0 Å². The second kappa shape index (κ2) is 6.61. The van der Waals surface area contributed by atoms with E-state index in [1.54, 1.807) is 12.4 Å². The normalized spacial score (nSPS) is 24.6. The lowest BCUT2D eigenvalue weighted by Crippen LogP contribution is -2.46. The second-order valence-corrected chi connectivity index (χ2v) is 7.67. The van der Waals surface area contributed by atoms with Crippen molar-refractivity contribution in [2.24, 2.45) is 0 Å². The summed E-state index contributed by atoms with van der Waals surface area (Å²) in [6.45, 7) is 2.01. The summed E-state index contributed by atoms with van der Waals surface area (Å²) in [5.74, 6) is 0.137. The molecule has 126 valence electrons. The highest BCUT2D eigenvalue weighted by atomic mass is 32.1. The smallest absolute Gasteiger partial charge is 0.265 e. The highest BCUT2D eigenvalue weighted by Crippen LogP contribution is 2.32. The summed E-state index contributed by atoms with van der Waals surface area (Å²) in [7, 11) is 2.19. The van der Waals surface area contributed by atoms with Crippen molar-refractivity contribution in [1.29, 1.82) is 0 Å². The van der Waals surface area contributed by atoms with E-state index in [-0.39, 0.29) is 5.91 Å². The molecule has 2 aliphatic rings. The zero-order valence-corrected chi connectivity index (χ0v) is 14.7. The minimum Gasteiger partial charge on any atom is -0.333 e. The van der Waals surface area contributed by atoms with Crippen LogP contribution in [0.1, 0.15) is 35.4 Å². The molecule has 2 saturated heterocycles. The van der Waals surface area contributed by atoms with Crippen molar-refractivity contribution < 1.29 is 4.79 Å². The van der Waals surface area contributed by atoms with E-state index in [4.69, 9.17) is 0 Å². The molecule has 2 aromatic rings. The van der Waals surface area contributed by atoms with Crippen molar-refractivity contribution in [1.82, 2.24) is 19.8 Å². The Balaban J connectivity index is 1.54. The molecular formula is C18H22N4OS. The monoisotopic (exact) mass is 342 g/mol. The number of nitrogens with zero attached hydrogens (tertiary/aromatic N) is 4. The summed E-state index contributed by atoms with van der Waals surface area (Å²) in [5.41, 5.74) is 0.829. The van der Waals surface area contributed by atoms with Gasteiger partial charge in [0.2, 0.25) is 0 Å². The number of aromatic nitrogens is 2. The quantitative estimate of drug-likeness (QED) is 0.860. The van der Waals surface area contributed by atoms with Gasteiger partial charge in [-0.2, -0.15) is 0 Å². The Hall–Kier alpha value is -1.79. The Labute approximate surface area is 146 Å². The Morgan fingerprint density at radius 2 is 2.00 bits per heavy atom. The minimum absolute atomic E-state index is 0.137. The van der Waals surface area contributed by atoms with Gasteiger partial charge in [-0.15, -0.1) is 11.3 Å². The van der Waals surface area contributed by atoms with Crippen LogP contribution in [0.3, 0.4) is 0 Å². The summed E-state index contributed by atoms with van der Waals surface area (Å²) >= 11 is 1.45. The van der Waals surface area contributed by atoms with Crippen LogP contribution < -0.4 is 0 Å². The molecule has 0 spiro atoms. The third-order valence-corrected chi connectivity index (χ3v) is 6.19. The van der Waals surface area contributed by atoms with Gasteiger partial charge in [-0.25, -0.2) is 4.98 Å². The molecule has 0 radical (unpaired) electrons. The van der Waals surface area contributed by atoms with Gasteiger partial charge in [-0.05, 0) is 51.4 Å². The molecule has 2 fully saturated rings. The number of rotatable bonds is 3. The molecule has 2 atom stereocenters. The van der Waals surface area contributed by atoms with E-state index in [1.165, 1.54) is 24.2 Å². The number of amides is 1. The molecule has 4 heterocycles. The SMILES string of the molecule is CN1CCC[C@H]1[C@@H]1CCCN1C(=O)c1cnc(-c2ccccn2)s1. The third-order valence-electron chi connectivity index (χ3n) is 5.18. The first-order valence-electron chi connectivity index (χ1n) is 8.62. The second-order valence-electron chi connectivity index (χ2n) is 6.64. The maximum absolute atomic E-state index is 13.0. The maximum Gasteiger partial charge on any atom is 0.265 e. The molecule has 0 aliphatic carbocycles. The van der Waals surface area contributed by atoms with Crippen LogP contribution >= 0.6 is 11.3 Å². The number of thiazole rings is 1. The Kier molecular flexibility index (Phi) is 4.33. The zero-order chi connectivity index (χ0) is 16.5. The highest BCUT2D eigenvalue weighted by molar-refractivity contribution is 7.16. The highest BCUT2D eigenvalue weighted by Gasteiger charge is 2.39. The molecule has 0 bridgehead atoms. The molecule has 4 rings (SSSR count). The lowest BCUT2D eigenvalue weighted by atomic mass is 10.0. The van der Waals surface area contributed by atoms with Gasteiger partial charge >= 0.3 is 0 Å². The lowest BCUT2D eigenvalue weighted by Gasteiger charge is -2.33. The zero-order valence-electron chi connectivity index (χ0n) is 13.9. The molecule has 1 amide bonds. The van der Waals surface area contributed by atoms with Crippen LogP contribution in [0.25, 0.3) is 10.7 Å². The Morgan fingerprint density at radius 1 is 1.17 bits per heavy atom. The van der Waals surface area contributed by atoms with E-state index in [0.29, 0.717) is 12.1 Å². The van der Waals surface area contributed by atoms with Gasteiger partial charge in [0.25, 0.3) is 5.91 Å². The predicted octanol–water partition coefficient (Wildman–Crippen LogP) is 2.90. The number of hydrogen-bond acceptors (Lipinski definition) is 5. The van der Waals surface area contributed by atoms with E-state index < -0.39 is 0 Å². The van der Waals surface area contributed by atoms with Crippen LogP contribution in [0.15, 0.2) is 30.6 Å². The molecule has 0 unspecified atom stereocenters. The number of pyridine rings is 1. The summed E-state index contributed by atoms with van der Waals surface area (Å²) in [4.78, 5) is 27.0. The number of likely N-dealkylation sites (N-methyl/N-ethyl adjacent to an activating group) is 1. The maximum atomic E-state index is 13.0. The fourth-order valence-electron chi connectivity index (χ4n) is 3.99. The molecule has 5 nitrogen and oxygen atoms in total. The van der Waals surface area contributed by atoms with Gasteiger partial charge in [-0.3, -0.25) is 9.78 Å². The standard InChI is InChI=1S/C18H22N4OS/c1-21-10-4-7-14(21)15-8-5-11-22(15)18(23)16-12-20-17(24-16)13-6-2-3-9-19-13/h2-3,6,9,12,14-15H,4-5,7-8,10-11H2,1H3/t14-,15-/m0/s1. The number of hydrogen-bond donors (Lipinski definition) is 0. The minimum atomic E-state index is 0.137. The van der Waals surface area contributed by atoms with Gasteiger partial charge in [0, 0.05) is 24.8 Å². The molecule has 0 N–H and O–H groups in total. The molecule has 24 heavy (non-hydrogen) atoms. The molecule has 6 heteroatoms. The van der Waals surface area contributed by atoms with Crippen molar-refractivity contribution in [3.63, 3.8) is 0 Å². The summed E-state index contributed by atoms with van der Waals surface area (Å²) < 4.78 is 0. The van der Waals surface area contributed by atoms with Gasteiger partial charge in [0.1, 0.15) is 9.88 Å². The van der Waals surface area contributed by atoms with Crippen LogP contribution in [0.2, 0.25) is 0 Å². The van der Waals surface area contributed by atoms with Gasteiger partial charge in [0.05, 0.1) is 11.9 Å². The Bertz CT molecular complexity index is 717. The van der Waals surface area contributed by atoms with Gasteiger partial charge in [0.15, 0.2) is 0 Å². The summed E-state index contributed by atoms with van der Waals surface area (Å²) in [5, 5.41) is 0.813. The van der Waals surface area contributed by atoms with Crippen molar-refractivity contribution in [3.8, 4) is 10.7 Å². The van der Waals surface area contributed by atoms with Gasteiger partial charge < -0.3 is 9.80 Å². The largest absolute Gasteiger partial charge is 0.333 e. The van der Waals surface area contributed by atoms with E-state index in [1.807, 2.05) is 18.2 Å². The van der Waals surface area contributed by atoms with E-state index in [0.717, 1.165) is 41.5 Å². The van der Waals surface area contributed by atoms with Gasteiger partial charge in [-0.1, -0.05) is 6.07 Å². The summed E-state index contributed by atoms with van der Waals surface area (Å²) in [6, 6.07) is 6.62. The average Bonchev–Trinajstić information content (AvgIpc) is 3.35. The van der Waals surface area contributed by atoms with Crippen LogP contribution in [-0.4, -0.2) is 57.9 Å². The molecule has 0 aromatic carbocycles. The fourth-order valence-corrected chi connectivity index (χ4v) is 4.84. The molecule has 0 saturated carbocycles. The first kappa shape index (κ1) is 15.7. The lowest BCUT2D eigenvalue weighted by molar-refractivity contribution is 0.0669. The molecule has 2 aromatic heterocycles. The van der Waals surface area contributed by atoms with Crippen molar-refractivity contribution in [2.45, 2.75) is 37.8 Å². The average molecular weight is 342 g/mol. The first-order valence-corrected chi connectivity index (χ1v) is 9.44. The molecular weight excluding hydrogens is 320 g/mol. The van der Waals surface area contributed by atoms with Crippen molar-refractivity contribution in [2.75, 3.05) is 20.1 Å². The van der Waals surface area contributed by atoms with Crippen LogP contribution in [0, 0.1) is 0 Å². The topological polar surface area (TPSA) is 49.3 Å². The third kappa shape index (κ3) is 2.84. The predicted molar refractivity (Wildman–Crippen MR) is 95.1 cm³/mol. The van der Waals surface area contributed by atoms with Crippen LogP contribution in [-0.2, 0) is 0 Å². The first-order chi connectivity index (χ1) is 11.7.